The zero-order chi connectivity index (χ0) is 13.2. The Labute approximate surface area is 115 Å². The van der Waals surface area contributed by atoms with Crippen molar-refractivity contribution in [3.63, 3.8) is 0 Å². The van der Waals surface area contributed by atoms with Crippen molar-refractivity contribution in [3.8, 4) is 0 Å². The minimum absolute atomic E-state index is 0.144. The summed E-state index contributed by atoms with van der Waals surface area (Å²) in [5, 5.41) is 0. The fourth-order valence-corrected chi connectivity index (χ4v) is 3.41. The number of carbonyl (C=O) groups excluding carboxylic acids is 1. The lowest BCUT2D eigenvalue weighted by molar-refractivity contribution is -0.130. The van der Waals surface area contributed by atoms with Gasteiger partial charge in [-0.1, -0.05) is 24.3 Å². The summed E-state index contributed by atoms with van der Waals surface area (Å²) in [5.74, 6) is 1.22. The van der Waals surface area contributed by atoms with Crippen LogP contribution in [0.1, 0.15) is 49.1 Å². The lowest BCUT2D eigenvalue weighted by Gasteiger charge is -2.26. The molecule has 1 saturated carbocycles. The van der Waals surface area contributed by atoms with Gasteiger partial charge in [-0.25, -0.2) is 0 Å². The molecule has 1 aromatic carbocycles. The second-order valence-corrected chi connectivity index (χ2v) is 5.95. The van der Waals surface area contributed by atoms with Gasteiger partial charge in [0.25, 0.3) is 0 Å². The van der Waals surface area contributed by atoms with E-state index in [4.69, 9.17) is 4.74 Å². The van der Waals surface area contributed by atoms with E-state index in [-0.39, 0.29) is 6.10 Å². The van der Waals surface area contributed by atoms with Crippen LogP contribution in [0.3, 0.4) is 0 Å². The first-order valence-corrected chi connectivity index (χ1v) is 7.43. The number of hydrogen-bond donors (Lipinski definition) is 0. The summed E-state index contributed by atoms with van der Waals surface area (Å²) in [6.45, 7) is 0. The van der Waals surface area contributed by atoms with Crippen molar-refractivity contribution in [2.24, 2.45) is 5.92 Å². The van der Waals surface area contributed by atoms with E-state index in [0.717, 1.165) is 25.7 Å². The average Bonchev–Trinajstić information content (AvgIpc) is 3.25. The average molecular weight is 258 g/mol. The largest absolute Gasteiger partial charge is 0.373 e. The summed E-state index contributed by atoms with van der Waals surface area (Å²) in [5.41, 5.74) is 2.83. The highest BCUT2D eigenvalue weighted by Crippen LogP contribution is 2.38. The minimum Gasteiger partial charge on any atom is -0.373 e. The van der Waals surface area contributed by atoms with Gasteiger partial charge in [-0.3, -0.25) is 4.79 Å². The van der Waals surface area contributed by atoms with Crippen LogP contribution in [0.15, 0.2) is 24.3 Å². The van der Waals surface area contributed by atoms with E-state index in [1.54, 1.807) is 7.11 Å². The van der Waals surface area contributed by atoms with Crippen LogP contribution >= 0.6 is 0 Å². The Morgan fingerprint density at radius 1 is 1.32 bits per heavy atom. The van der Waals surface area contributed by atoms with Crippen LogP contribution in [0.5, 0.6) is 0 Å². The van der Waals surface area contributed by atoms with Crippen molar-refractivity contribution in [1.29, 1.82) is 0 Å². The third-order valence-corrected chi connectivity index (χ3v) is 4.56. The molecular formula is C17H22O2. The van der Waals surface area contributed by atoms with Crippen LogP contribution in [-0.4, -0.2) is 19.0 Å². The van der Waals surface area contributed by atoms with Crippen molar-refractivity contribution in [2.75, 3.05) is 7.11 Å². The first kappa shape index (κ1) is 12.9. The Balaban J connectivity index is 1.72. The number of Topliss-reactive ketones (excluding diaryl/α,β-unsaturated/α-hetero) is 1. The van der Waals surface area contributed by atoms with Crippen LogP contribution in [0, 0.1) is 5.92 Å². The molecule has 2 aliphatic rings. The van der Waals surface area contributed by atoms with Gasteiger partial charge in [0.1, 0.15) is 6.10 Å². The van der Waals surface area contributed by atoms with Crippen LogP contribution in [0.25, 0.3) is 0 Å². The Kier molecular flexibility index (Phi) is 3.69. The van der Waals surface area contributed by atoms with E-state index >= 15 is 0 Å². The van der Waals surface area contributed by atoms with Crippen molar-refractivity contribution >= 4 is 5.78 Å². The molecule has 1 fully saturated rings. The van der Waals surface area contributed by atoms with Gasteiger partial charge < -0.3 is 4.74 Å². The van der Waals surface area contributed by atoms with Gasteiger partial charge in [-0.2, -0.15) is 0 Å². The molecule has 0 spiro atoms. The summed E-state index contributed by atoms with van der Waals surface area (Å²) in [6, 6.07) is 8.60. The third-order valence-electron chi connectivity index (χ3n) is 4.56. The van der Waals surface area contributed by atoms with Crippen molar-refractivity contribution in [1.82, 2.24) is 0 Å². The zero-order valence-corrected chi connectivity index (χ0v) is 11.6. The maximum atomic E-state index is 12.4. The quantitative estimate of drug-likeness (QED) is 0.808. The number of ether oxygens (including phenoxy) is 1. The van der Waals surface area contributed by atoms with Gasteiger partial charge in [-0.05, 0) is 55.1 Å². The predicted molar refractivity (Wildman–Crippen MR) is 75.3 cm³/mol. The Morgan fingerprint density at radius 3 is 2.84 bits per heavy atom. The Bertz CT molecular complexity index is 462. The molecule has 2 unspecified atom stereocenters. The first-order chi connectivity index (χ1) is 9.29. The number of aryl methyl sites for hydroxylation is 1. The molecule has 19 heavy (non-hydrogen) atoms. The number of carbonyl (C=O) groups is 1. The Hall–Kier alpha value is -1.15. The molecule has 2 aliphatic carbocycles. The van der Waals surface area contributed by atoms with E-state index in [2.05, 4.69) is 24.3 Å². The molecule has 0 heterocycles. The van der Waals surface area contributed by atoms with E-state index in [1.165, 1.54) is 17.5 Å². The maximum absolute atomic E-state index is 12.4. The van der Waals surface area contributed by atoms with Gasteiger partial charge in [0.05, 0.1) is 0 Å². The molecule has 2 atom stereocenters. The molecule has 0 N–H and O–H groups in total. The van der Waals surface area contributed by atoms with Crippen LogP contribution in [0.2, 0.25) is 0 Å². The number of rotatable bonds is 5. The monoisotopic (exact) mass is 258 g/mol. The summed E-state index contributed by atoms with van der Waals surface area (Å²) in [7, 11) is 1.68. The van der Waals surface area contributed by atoms with E-state index in [1.807, 2.05) is 0 Å². The summed E-state index contributed by atoms with van der Waals surface area (Å²) in [4.78, 5) is 12.4. The van der Waals surface area contributed by atoms with Crippen LogP contribution in [-0.2, 0) is 16.0 Å². The lowest BCUT2D eigenvalue weighted by atomic mass is 9.79. The molecule has 2 heteroatoms. The van der Waals surface area contributed by atoms with Crippen LogP contribution < -0.4 is 0 Å². The third kappa shape index (κ3) is 2.74. The SMILES string of the molecule is COC(C(=O)CC1CCCc2ccccc21)C1CC1. The maximum Gasteiger partial charge on any atom is 0.162 e. The molecule has 1 aromatic rings. The fraction of sp³-hybridized carbons (Fsp3) is 0.588. The minimum atomic E-state index is -0.144. The van der Waals surface area contributed by atoms with Crippen molar-refractivity contribution < 1.29 is 9.53 Å². The summed E-state index contributed by atoms with van der Waals surface area (Å²) >= 11 is 0. The molecule has 0 bridgehead atoms. The number of methoxy groups -OCH3 is 1. The highest BCUT2D eigenvalue weighted by atomic mass is 16.5. The van der Waals surface area contributed by atoms with Gasteiger partial charge in [0.15, 0.2) is 5.78 Å². The van der Waals surface area contributed by atoms with E-state index in [9.17, 15) is 4.79 Å². The Morgan fingerprint density at radius 2 is 2.11 bits per heavy atom. The highest BCUT2D eigenvalue weighted by Gasteiger charge is 2.37. The molecule has 0 aliphatic heterocycles. The highest BCUT2D eigenvalue weighted by molar-refractivity contribution is 5.84. The second kappa shape index (κ2) is 5.46. The number of benzene rings is 1. The van der Waals surface area contributed by atoms with Gasteiger partial charge in [0, 0.05) is 13.5 Å². The molecule has 0 radical (unpaired) electrons. The topological polar surface area (TPSA) is 26.3 Å². The van der Waals surface area contributed by atoms with Gasteiger partial charge >= 0.3 is 0 Å². The van der Waals surface area contributed by atoms with Gasteiger partial charge in [-0.15, -0.1) is 0 Å². The zero-order valence-electron chi connectivity index (χ0n) is 11.6. The molecule has 0 amide bonds. The van der Waals surface area contributed by atoms with Crippen molar-refractivity contribution in [2.45, 2.75) is 50.5 Å². The first-order valence-electron chi connectivity index (χ1n) is 7.43. The molecular weight excluding hydrogens is 236 g/mol. The van der Waals surface area contributed by atoms with Crippen molar-refractivity contribution in [3.05, 3.63) is 35.4 Å². The molecule has 102 valence electrons. The number of ketones is 1. The fourth-order valence-electron chi connectivity index (χ4n) is 3.41. The molecule has 0 saturated heterocycles. The normalized spacial score (nSPS) is 23.7. The van der Waals surface area contributed by atoms with Gasteiger partial charge in [0.2, 0.25) is 0 Å². The second-order valence-electron chi connectivity index (χ2n) is 5.95. The lowest BCUT2D eigenvalue weighted by Crippen LogP contribution is -2.27. The number of fused-ring (bicyclic) bond motifs is 1. The number of hydrogen-bond acceptors (Lipinski definition) is 2. The van der Waals surface area contributed by atoms with E-state index in [0.29, 0.717) is 24.0 Å². The molecule has 3 rings (SSSR count). The smallest absolute Gasteiger partial charge is 0.162 e. The molecule has 0 aromatic heterocycles. The summed E-state index contributed by atoms with van der Waals surface area (Å²) < 4.78 is 5.42. The predicted octanol–water partition coefficient (Wildman–Crippen LogP) is 3.49. The van der Waals surface area contributed by atoms with E-state index < -0.39 is 0 Å². The molecule has 2 nitrogen and oxygen atoms in total. The summed E-state index contributed by atoms with van der Waals surface area (Å²) in [6.07, 6.45) is 6.34. The van der Waals surface area contributed by atoms with Crippen LogP contribution in [0.4, 0.5) is 0 Å². The standard InChI is InChI=1S/C17H22O2/c1-19-17(13-9-10-13)16(18)11-14-7-4-6-12-5-2-3-8-15(12)14/h2-3,5,8,13-14,17H,4,6-7,9-11H2,1H3.